The van der Waals surface area contributed by atoms with E-state index in [1.807, 2.05) is 20.8 Å². The Morgan fingerprint density at radius 2 is 1.82 bits per heavy atom. The fourth-order valence-electron chi connectivity index (χ4n) is 1.56. The largest absolute Gasteiger partial charge is 0.389 e. The van der Waals surface area contributed by atoms with Crippen LogP contribution in [0.1, 0.15) is 53.9 Å². The van der Waals surface area contributed by atoms with Crippen LogP contribution in [0.15, 0.2) is 0 Å². The summed E-state index contributed by atoms with van der Waals surface area (Å²) in [6.07, 6.45) is 2.21. The fraction of sp³-hybridized carbons (Fsp3) is 0.923. The lowest BCUT2D eigenvalue weighted by Gasteiger charge is -2.32. The summed E-state index contributed by atoms with van der Waals surface area (Å²) < 4.78 is 0. The highest BCUT2D eigenvalue weighted by Gasteiger charge is 2.38. The Balaban J connectivity index is 4.54. The van der Waals surface area contributed by atoms with Crippen LogP contribution in [0, 0.1) is 5.92 Å². The number of rotatable bonds is 7. The van der Waals surface area contributed by atoms with E-state index < -0.39 is 11.2 Å². The van der Waals surface area contributed by atoms with Crippen LogP contribution >= 0.6 is 0 Å². The smallest absolute Gasteiger partial charge is 0.252 e. The van der Waals surface area contributed by atoms with Crippen LogP contribution in [0.25, 0.3) is 0 Å². The van der Waals surface area contributed by atoms with Gasteiger partial charge in [-0.25, -0.2) is 0 Å². The van der Waals surface area contributed by atoms with E-state index >= 15 is 0 Å². The molecular formula is C13H27NO3. The first-order valence-corrected chi connectivity index (χ1v) is 6.36. The average Bonchev–Trinajstić information content (AvgIpc) is 2.21. The predicted octanol–water partition coefficient (Wildman–Crippen LogP) is 1.45. The normalized spacial score (nSPS) is 15.8. The molecule has 102 valence electrons. The minimum Gasteiger partial charge on any atom is -0.389 e. The number of hydrogen-bond acceptors (Lipinski definition) is 3. The zero-order valence-corrected chi connectivity index (χ0v) is 11.7. The number of carbonyl (C=O) groups is 1. The summed E-state index contributed by atoms with van der Waals surface area (Å²) in [5.41, 5.74) is -2.29. The molecule has 0 aliphatic heterocycles. The second-order valence-electron chi connectivity index (χ2n) is 5.68. The van der Waals surface area contributed by atoms with Crippen LogP contribution in [0.3, 0.4) is 0 Å². The lowest BCUT2D eigenvalue weighted by Crippen LogP contribution is -2.53. The van der Waals surface area contributed by atoms with Crippen molar-refractivity contribution < 1.29 is 15.0 Å². The molecule has 0 aromatic rings. The Morgan fingerprint density at radius 1 is 1.29 bits per heavy atom. The first kappa shape index (κ1) is 16.4. The molecule has 1 amide bonds. The molecule has 0 radical (unpaired) electrons. The van der Waals surface area contributed by atoms with Gasteiger partial charge in [-0.2, -0.15) is 0 Å². The molecule has 0 rings (SSSR count). The van der Waals surface area contributed by atoms with Crippen LogP contribution in [-0.4, -0.2) is 33.9 Å². The summed E-state index contributed by atoms with van der Waals surface area (Å²) in [5, 5.41) is 22.6. The molecule has 0 fully saturated rings. The maximum absolute atomic E-state index is 12.0. The molecular weight excluding hydrogens is 218 g/mol. The van der Waals surface area contributed by atoms with Gasteiger partial charge in [-0.1, -0.05) is 33.6 Å². The minimum absolute atomic E-state index is 0.143. The van der Waals surface area contributed by atoms with Gasteiger partial charge >= 0.3 is 0 Å². The Bertz CT molecular complexity index is 246. The second-order valence-corrected chi connectivity index (χ2v) is 5.68. The molecule has 0 aliphatic carbocycles. The van der Waals surface area contributed by atoms with Crippen molar-refractivity contribution >= 4 is 5.91 Å². The number of nitrogens with one attached hydrogen (secondary N) is 1. The lowest BCUT2D eigenvalue weighted by atomic mass is 9.84. The van der Waals surface area contributed by atoms with Crippen molar-refractivity contribution in [1.82, 2.24) is 5.32 Å². The molecule has 4 nitrogen and oxygen atoms in total. The molecule has 1 atom stereocenters. The topological polar surface area (TPSA) is 69.6 Å². The summed E-state index contributed by atoms with van der Waals surface area (Å²) in [7, 11) is 0. The van der Waals surface area contributed by atoms with Gasteiger partial charge in [0.2, 0.25) is 0 Å². The van der Waals surface area contributed by atoms with E-state index in [1.54, 1.807) is 13.8 Å². The standard InChI is InChI=1S/C13H27NO3/c1-6-7-8-13(17,10(2)3)11(15)14-9-12(4,5)16/h10,16-17H,6-9H2,1-5H3,(H,14,15). The molecule has 0 saturated carbocycles. The van der Waals surface area contributed by atoms with Gasteiger partial charge in [0.25, 0.3) is 5.91 Å². The van der Waals surface area contributed by atoms with E-state index in [9.17, 15) is 15.0 Å². The summed E-state index contributed by atoms with van der Waals surface area (Å²) in [6.45, 7) is 9.07. The van der Waals surface area contributed by atoms with Crippen molar-refractivity contribution in [2.24, 2.45) is 5.92 Å². The van der Waals surface area contributed by atoms with Gasteiger partial charge in [0.05, 0.1) is 5.60 Å². The van der Waals surface area contributed by atoms with Crippen molar-refractivity contribution in [2.45, 2.75) is 65.1 Å². The number of amides is 1. The van der Waals surface area contributed by atoms with E-state index in [1.165, 1.54) is 0 Å². The van der Waals surface area contributed by atoms with Crippen LogP contribution in [0.4, 0.5) is 0 Å². The van der Waals surface area contributed by atoms with Crippen molar-refractivity contribution in [1.29, 1.82) is 0 Å². The molecule has 0 spiro atoms. The van der Waals surface area contributed by atoms with Crippen LogP contribution in [0.2, 0.25) is 0 Å². The SMILES string of the molecule is CCCCC(O)(C(=O)NCC(C)(C)O)C(C)C. The van der Waals surface area contributed by atoms with Crippen molar-refractivity contribution in [3.05, 3.63) is 0 Å². The monoisotopic (exact) mass is 245 g/mol. The number of hydrogen-bond donors (Lipinski definition) is 3. The van der Waals surface area contributed by atoms with E-state index in [4.69, 9.17) is 0 Å². The minimum atomic E-state index is -1.33. The first-order valence-electron chi connectivity index (χ1n) is 6.36. The summed E-state index contributed by atoms with van der Waals surface area (Å²) in [5.74, 6) is -0.529. The molecule has 3 N–H and O–H groups in total. The Kier molecular flexibility index (Phi) is 6.13. The van der Waals surface area contributed by atoms with Gasteiger partial charge in [0.1, 0.15) is 5.60 Å². The Hall–Kier alpha value is -0.610. The highest BCUT2D eigenvalue weighted by Crippen LogP contribution is 2.24. The quantitative estimate of drug-likeness (QED) is 0.636. The molecule has 0 aromatic carbocycles. The van der Waals surface area contributed by atoms with E-state index in [-0.39, 0.29) is 18.4 Å². The van der Waals surface area contributed by atoms with Gasteiger partial charge in [-0.15, -0.1) is 0 Å². The van der Waals surface area contributed by atoms with Gasteiger partial charge in [-0.3, -0.25) is 4.79 Å². The highest BCUT2D eigenvalue weighted by molar-refractivity contribution is 5.85. The second kappa shape index (κ2) is 6.36. The van der Waals surface area contributed by atoms with Gasteiger partial charge in [-0.05, 0) is 26.2 Å². The van der Waals surface area contributed by atoms with Gasteiger partial charge < -0.3 is 15.5 Å². The fourth-order valence-corrected chi connectivity index (χ4v) is 1.56. The highest BCUT2D eigenvalue weighted by atomic mass is 16.3. The molecule has 0 aliphatic rings. The molecule has 0 bridgehead atoms. The lowest BCUT2D eigenvalue weighted by molar-refractivity contribution is -0.146. The molecule has 4 heteroatoms. The molecule has 1 unspecified atom stereocenters. The van der Waals surface area contributed by atoms with E-state index in [2.05, 4.69) is 5.32 Å². The molecule has 17 heavy (non-hydrogen) atoms. The van der Waals surface area contributed by atoms with Crippen molar-refractivity contribution in [2.75, 3.05) is 6.54 Å². The van der Waals surface area contributed by atoms with E-state index in [0.29, 0.717) is 6.42 Å². The van der Waals surface area contributed by atoms with Crippen LogP contribution < -0.4 is 5.32 Å². The predicted molar refractivity (Wildman–Crippen MR) is 68.6 cm³/mol. The maximum Gasteiger partial charge on any atom is 0.252 e. The summed E-state index contributed by atoms with van der Waals surface area (Å²) in [6, 6.07) is 0. The van der Waals surface area contributed by atoms with E-state index in [0.717, 1.165) is 12.8 Å². The Labute approximate surface area is 104 Å². The molecule has 0 saturated heterocycles. The zero-order chi connectivity index (χ0) is 13.7. The average molecular weight is 245 g/mol. The first-order chi connectivity index (χ1) is 7.63. The summed E-state index contributed by atoms with van der Waals surface area (Å²) in [4.78, 5) is 12.0. The number of unbranched alkanes of at least 4 members (excludes halogenated alkanes) is 1. The third-order valence-electron chi connectivity index (χ3n) is 2.94. The maximum atomic E-state index is 12.0. The zero-order valence-electron chi connectivity index (χ0n) is 11.7. The van der Waals surface area contributed by atoms with Gasteiger partial charge in [0.15, 0.2) is 0 Å². The van der Waals surface area contributed by atoms with Crippen molar-refractivity contribution in [3.63, 3.8) is 0 Å². The third-order valence-corrected chi connectivity index (χ3v) is 2.94. The van der Waals surface area contributed by atoms with Crippen molar-refractivity contribution in [3.8, 4) is 0 Å². The third kappa shape index (κ3) is 5.50. The van der Waals surface area contributed by atoms with Crippen LogP contribution in [-0.2, 0) is 4.79 Å². The number of carbonyl (C=O) groups excluding carboxylic acids is 1. The Morgan fingerprint density at radius 3 is 2.18 bits per heavy atom. The summed E-state index contributed by atoms with van der Waals surface area (Å²) >= 11 is 0. The number of aliphatic hydroxyl groups is 2. The molecule has 0 aromatic heterocycles. The van der Waals surface area contributed by atoms with Crippen LogP contribution in [0.5, 0.6) is 0 Å². The molecule has 0 heterocycles. The van der Waals surface area contributed by atoms with Gasteiger partial charge in [0, 0.05) is 6.54 Å².